The Morgan fingerprint density at radius 3 is 2.48 bits per heavy atom. The first-order chi connectivity index (χ1) is 14.1. The van der Waals surface area contributed by atoms with Crippen molar-refractivity contribution < 1.29 is 14.3 Å². The Hall–Kier alpha value is -2.38. The van der Waals surface area contributed by atoms with E-state index in [1.54, 1.807) is 0 Å². The average Bonchev–Trinajstić information content (AvgIpc) is 2.74. The molecule has 0 aromatic heterocycles. The molecule has 6 nitrogen and oxygen atoms in total. The van der Waals surface area contributed by atoms with Crippen molar-refractivity contribution in [3.63, 3.8) is 0 Å². The van der Waals surface area contributed by atoms with Gasteiger partial charge < -0.3 is 20.7 Å². The molecule has 0 atom stereocenters. The largest absolute Gasteiger partial charge is 0.381 e. The molecule has 1 aliphatic heterocycles. The molecule has 1 saturated heterocycles. The summed E-state index contributed by atoms with van der Waals surface area (Å²) < 4.78 is 6.57. The molecule has 1 aliphatic rings. The molecule has 3 N–H and O–H groups in total. The van der Waals surface area contributed by atoms with Crippen molar-refractivity contribution >= 4 is 33.6 Å². The van der Waals surface area contributed by atoms with E-state index in [2.05, 4.69) is 44.0 Å². The molecule has 1 heterocycles. The van der Waals surface area contributed by atoms with Crippen LogP contribution in [0.4, 0.5) is 10.5 Å². The highest BCUT2D eigenvalue weighted by Gasteiger charge is 2.34. The van der Waals surface area contributed by atoms with E-state index in [4.69, 9.17) is 4.74 Å². The summed E-state index contributed by atoms with van der Waals surface area (Å²) in [6.07, 6.45) is 1.95. The van der Waals surface area contributed by atoms with E-state index in [1.807, 2.05) is 42.5 Å². The number of urea groups is 1. The van der Waals surface area contributed by atoms with Crippen molar-refractivity contribution in [3.8, 4) is 0 Å². The quantitative estimate of drug-likeness (QED) is 0.588. The van der Waals surface area contributed by atoms with E-state index in [0.717, 1.165) is 17.3 Å². The molecule has 0 aliphatic carbocycles. The second kappa shape index (κ2) is 10.4. The summed E-state index contributed by atoms with van der Waals surface area (Å²) in [7, 11) is 0. The fourth-order valence-electron chi connectivity index (χ4n) is 3.49. The molecule has 0 radical (unpaired) electrons. The number of rotatable bonds is 7. The monoisotopic (exact) mass is 459 g/mol. The maximum absolute atomic E-state index is 12.3. The zero-order valence-electron chi connectivity index (χ0n) is 16.2. The average molecular weight is 460 g/mol. The van der Waals surface area contributed by atoms with Gasteiger partial charge in [-0.25, -0.2) is 4.79 Å². The third-order valence-corrected chi connectivity index (χ3v) is 5.67. The van der Waals surface area contributed by atoms with E-state index in [-0.39, 0.29) is 30.3 Å². The molecule has 0 unspecified atom stereocenters. The second-order valence-corrected chi connectivity index (χ2v) is 8.09. The van der Waals surface area contributed by atoms with Crippen LogP contribution in [0.3, 0.4) is 0 Å². The minimum absolute atomic E-state index is 0.0779. The summed E-state index contributed by atoms with van der Waals surface area (Å²) in [5, 5.41) is 8.50. The Morgan fingerprint density at radius 1 is 1.00 bits per heavy atom. The summed E-state index contributed by atoms with van der Waals surface area (Å²) >= 11 is 3.54. The van der Waals surface area contributed by atoms with Crippen molar-refractivity contribution in [2.24, 2.45) is 0 Å². The number of hydrogen-bond acceptors (Lipinski definition) is 3. The molecule has 2 aromatic carbocycles. The summed E-state index contributed by atoms with van der Waals surface area (Å²) in [5.74, 6) is -0.0779. The number of para-hydroxylation sites is 1. The van der Waals surface area contributed by atoms with Crippen LogP contribution in [-0.2, 0) is 14.9 Å². The maximum atomic E-state index is 12.3. The normalized spacial score (nSPS) is 15.3. The van der Waals surface area contributed by atoms with Crippen LogP contribution < -0.4 is 16.0 Å². The predicted octanol–water partition coefficient (Wildman–Crippen LogP) is 3.83. The SMILES string of the molecule is O=C(CCNC(=O)Nc1ccccc1)NCC1(c2cccc(Br)c2)CCOCC1. The summed E-state index contributed by atoms with van der Waals surface area (Å²) in [5.41, 5.74) is 1.79. The topological polar surface area (TPSA) is 79.5 Å². The lowest BCUT2D eigenvalue weighted by Crippen LogP contribution is -2.45. The molecule has 0 saturated carbocycles. The van der Waals surface area contributed by atoms with Crippen LogP contribution in [0.1, 0.15) is 24.8 Å². The fourth-order valence-corrected chi connectivity index (χ4v) is 3.89. The maximum Gasteiger partial charge on any atom is 0.319 e. The molecule has 1 fully saturated rings. The minimum atomic E-state index is -0.320. The standard InChI is InChI=1S/C22H26BrN3O3/c23-18-6-4-5-17(15-18)22(10-13-29-14-11-22)16-25-20(27)9-12-24-21(28)26-19-7-2-1-3-8-19/h1-8,15H,9-14,16H2,(H,25,27)(H2,24,26,28). The van der Waals surface area contributed by atoms with Crippen molar-refractivity contribution in [3.05, 3.63) is 64.6 Å². The van der Waals surface area contributed by atoms with Gasteiger partial charge in [-0.3, -0.25) is 4.79 Å². The van der Waals surface area contributed by atoms with E-state index in [0.29, 0.717) is 25.4 Å². The van der Waals surface area contributed by atoms with E-state index >= 15 is 0 Å². The molecule has 0 spiro atoms. The van der Waals surface area contributed by atoms with Gasteiger partial charge in [-0.2, -0.15) is 0 Å². The van der Waals surface area contributed by atoms with Crippen LogP contribution in [0.25, 0.3) is 0 Å². The number of carbonyl (C=O) groups excluding carboxylic acids is 2. The van der Waals surface area contributed by atoms with Gasteiger partial charge in [0.2, 0.25) is 5.91 Å². The van der Waals surface area contributed by atoms with Gasteiger partial charge in [0.05, 0.1) is 0 Å². The first kappa shape index (κ1) is 21.3. The van der Waals surface area contributed by atoms with Gasteiger partial charge in [0.15, 0.2) is 0 Å². The first-order valence-corrected chi connectivity index (χ1v) is 10.6. The molecule has 7 heteroatoms. The highest BCUT2D eigenvalue weighted by molar-refractivity contribution is 9.10. The van der Waals surface area contributed by atoms with E-state index in [1.165, 1.54) is 5.56 Å². The number of halogens is 1. The van der Waals surface area contributed by atoms with Crippen molar-refractivity contribution in [2.75, 3.05) is 31.6 Å². The van der Waals surface area contributed by atoms with E-state index in [9.17, 15) is 9.59 Å². The van der Waals surface area contributed by atoms with Gasteiger partial charge in [0, 0.05) is 48.3 Å². The van der Waals surface area contributed by atoms with Crippen molar-refractivity contribution in [2.45, 2.75) is 24.7 Å². The van der Waals surface area contributed by atoms with E-state index < -0.39 is 0 Å². The number of amides is 3. The Labute approximate surface area is 179 Å². The summed E-state index contributed by atoms with van der Waals surface area (Å²) in [6, 6.07) is 17.1. The number of nitrogens with one attached hydrogen (secondary N) is 3. The Balaban J connectivity index is 1.47. The zero-order valence-corrected chi connectivity index (χ0v) is 17.8. The molecule has 2 aromatic rings. The van der Waals surface area contributed by atoms with Crippen LogP contribution in [0.5, 0.6) is 0 Å². The van der Waals surface area contributed by atoms with Gasteiger partial charge in [-0.05, 0) is 42.7 Å². The number of benzene rings is 2. The lowest BCUT2D eigenvalue weighted by Gasteiger charge is -2.38. The minimum Gasteiger partial charge on any atom is -0.381 e. The third-order valence-electron chi connectivity index (χ3n) is 5.18. The van der Waals surface area contributed by atoms with Crippen molar-refractivity contribution in [1.82, 2.24) is 10.6 Å². The lowest BCUT2D eigenvalue weighted by atomic mass is 9.74. The first-order valence-electron chi connectivity index (χ1n) is 9.78. The predicted molar refractivity (Wildman–Crippen MR) is 117 cm³/mol. The van der Waals surface area contributed by atoms with Gasteiger partial charge >= 0.3 is 6.03 Å². The van der Waals surface area contributed by atoms with Crippen LogP contribution in [0.15, 0.2) is 59.1 Å². The molecule has 3 amide bonds. The van der Waals surface area contributed by atoms with Gasteiger partial charge in [0.1, 0.15) is 0 Å². The van der Waals surface area contributed by atoms with Crippen LogP contribution in [-0.4, -0.2) is 38.2 Å². The van der Waals surface area contributed by atoms with Gasteiger partial charge in [-0.1, -0.05) is 46.3 Å². The van der Waals surface area contributed by atoms with Gasteiger partial charge in [0.25, 0.3) is 0 Å². The second-order valence-electron chi connectivity index (χ2n) is 7.18. The molecular formula is C22H26BrN3O3. The number of carbonyl (C=O) groups is 2. The van der Waals surface area contributed by atoms with Crippen LogP contribution in [0, 0.1) is 0 Å². The van der Waals surface area contributed by atoms with Crippen molar-refractivity contribution in [1.29, 1.82) is 0 Å². The van der Waals surface area contributed by atoms with Gasteiger partial charge in [-0.15, -0.1) is 0 Å². The molecule has 0 bridgehead atoms. The molecule has 154 valence electrons. The Bertz CT molecular complexity index is 823. The smallest absolute Gasteiger partial charge is 0.319 e. The number of ether oxygens (including phenoxy) is 1. The summed E-state index contributed by atoms with van der Waals surface area (Å²) in [4.78, 5) is 24.2. The Morgan fingerprint density at radius 2 is 1.76 bits per heavy atom. The highest BCUT2D eigenvalue weighted by Crippen LogP contribution is 2.35. The number of anilines is 1. The fraction of sp³-hybridized carbons (Fsp3) is 0.364. The van der Waals surface area contributed by atoms with Crippen LogP contribution in [0.2, 0.25) is 0 Å². The molecule has 29 heavy (non-hydrogen) atoms. The lowest BCUT2D eigenvalue weighted by molar-refractivity contribution is -0.121. The Kier molecular flexibility index (Phi) is 7.66. The molecular weight excluding hydrogens is 434 g/mol. The van der Waals surface area contributed by atoms with Crippen LogP contribution >= 0.6 is 15.9 Å². The third kappa shape index (κ3) is 6.30. The molecule has 3 rings (SSSR count). The highest BCUT2D eigenvalue weighted by atomic mass is 79.9. The summed E-state index contributed by atoms with van der Waals surface area (Å²) in [6.45, 7) is 2.20. The zero-order chi connectivity index (χ0) is 20.5. The number of hydrogen-bond donors (Lipinski definition) is 3.